The lowest BCUT2D eigenvalue weighted by atomic mass is 10.2. The van der Waals surface area contributed by atoms with Gasteiger partial charge in [0, 0.05) is 22.2 Å². The lowest BCUT2D eigenvalue weighted by molar-refractivity contribution is 0.426. The number of hydrogen-bond acceptors (Lipinski definition) is 3. The molecule has 0 amide bonds. The zero-order valence-corrected chi connectivity index (χ0v) is 9.04. The number of thioether (sulfide) groups is 1. The van der Waals surface area contributed by atoms with E-state index in [2.05, 4.69) is 23.2 Å². The number of hydrogen-bond donors (Lipinski definition) is 0. The van der Waals surface area contributed by atoms with E-state index in [0.29, 0.717) is 6.10 Å². The topological polar surface area (TPSA) is 25.4 Å². The van der Waals surface area contributed by atoms with Crippen LogP contribution in [0.3, 0.4) is 0 Å². The maximum atomic E-state index is 5.21. The quantitative estimate of drug-likeness (QED) is 0.584. The average Bonchev–Trinajstić information content (AvgIpc) is 3.10. The van der Waals surface area contributed by atoms with Gasteiger partial charge in [0.25, 0.3) is 0 Å². The fourth-order valence-corrected chi connectivity index (χ4v) is 2.61. The molecule has 15 heavy (non-hydrogen) atoms. The average molecular weight is 217 g/mol. The molecule has 3 rings (SSSR count). The number of benzene rings is 1. The molecule has 0 bridgehead atoms. The lowest BCUT2D eigenvalue weighted by Crippen LogP contribution is -1.89. The van der Waals surface area contributed by atoms with Crippen LogP contribution in [-0.2, 0) is 4.74 Å². The molecule has 1 aromatic carbocycles. The smallest absolute Gasteiger partial charge is 0.0903 e. The fourth-order valence-electron chi connectivity index (χ4n) is 1.55. The highest BCUT2D eigenvalue weighted by atomic mass is 32.2. The van der Waals surface area contributed by atoms with Crippen LogP contribution in [0, 0.1) is 0 Å². The molecule has 0 spiro atoms. The van der Waals surface area contributed by atoms with Crippen molar-refractivity contribution in [1.82, 2.24) is 4.98 Å². The van der Waals surface area contributed by atoms with E-state index in [9.17, 15) is 0 Å². The third-order valence-electron chi connectivity index (χ3n) is 2.43. The zero-order chi connectivity index (χ0) is 10.1. The van der Waals surface area contributed by atoms with Crippen molar-refractivity contribution in [2.75, 3.05) is 12.4 Å². The fraction of sp³-hybridized carbons (Fsp3) is 0.250. The summed E-state index contributed by atoms with van der Waals surface area (Å²) in [6, 6.07) is 10.4. The summed E-state index contributed by atoms with van der Waals surface area (Å²) < 4.78 is 5.21. The van der Waals surface area contributed by atoms with Crippen LogP contribution in [0.25, 0.3) is 10.9 Å². The van der Waals surface area contributed by atoms with Crippen LogP contribution in [0.5, 0.6) is 0 Å². The minimum absolute atomic E-state index is 0.474. The third-order valence-corrected chi connectivity index (χ3v) is 3.64. The normalized spacial score (nSPS) is 19.3. The Morgan fingerprint density at radius 2 is 2.27 bits per heavy atom. The van der Waals surface area contributed by atoms with Gasteiger partial charge in [-0.05, 0) is 18.2 Å². The highest BCUT2D eigenvalue weighted by Crippen LogP contribution is 2.29. The largest absolute Gasteiger partial charge is 0.372 e. The second kappa shape index (κ2) is 3.83. The van der Waals surface area contributed by atoms with Crippen LogP contribution in [0.2, 0.25) is 0 Å². The Labute approximate surface area is 92.7 Å². The second-order valence-electron chi connectivity index (χ2n) is 3.59. The van der Waals surface area contributed by atoms with E-state index in [1.54, 1.807) is 0 Å². The lowest BCUT2D eigenvalue weighted by Gasteiger charge is -2.03. The van der Waals surface area contributed by atoms with Crippen molar-refractivity contribution < 1.29 is 4.74 Å². The third kappa shape index (κ3) is 1.98. The van der Waals surface area contributed by atoms with Crippen LogP contribution in [0.4, 0.5) is 0 Å². The minimum Gasteiger partial charge on any atom is -0.372 e. The monoisotopic (exact) mass is 217 g/mol. The molecule has 1 fully saturated rings. The molecule has 1 atom stereocenters. The van der Waals surface area contributed by atoms with Crippen molar-refractivity contribution in [2.45, 2.75) is 11.0 Å². The van der Waals surface area contributed by atoms with Gasteiger partial charge in [-0.25, -0.2) is 0 Å². The van der Waals surface area contributed by atoms with E-state index >= 15 is 0 Å². The Morgan fingerprint density at radius 3 is 3.13 bits per heavy atom. The van der Waals surface area contributed by atoms with Gasteiger partial charge in [-0.2, -0.15) is 0 Å². The van der Waals surface area contributed by atoms with Gasteiger partial charge >= 0.3 is 0 Å². The molecule has 0 aliphatic carbocycles. The van der Waals surface area contributed by atoms with Gasteiger partial charge in [0.1, 0.15) is 0 Å². The van der Waals surface area contributed by atoms with Crippen molar-refractivity contribution in [3.05, 3.63) is 36.5 Å². The molecule has 1 aliphatic rings. The van der Waals surface area contributed by atoms with E-state index in [0.717, 1.165) is 17.9 Å². The van der Waals surface area contributed by atoms with E-state index in [1.807, 2.05) is 30.1 Å². The van der Waals surface area contributed by atoms with Crippen molar-refractivity contribution >= 4 is 22.7 Å². The molecular formula is C12H11NOS. The van der Waals surface area contributed by atoms with Gasteiger partial charge < -0.3 is 4.74 Å². The molecule has 3 heteroatoms. The molecule has 2 nitrogen and oxygen atoms in total. The SMILES string of the molecule is c1cc(SC[C@@H]2CO2)c2cccnc2c1. The van der Waals surface area contributed by atoms with Gasteiger partial charge in [-0.1, -0.05) is 12.1 Å². The summed E-state index contributed by atoms with van der Waals surface area (Å²) in [7, 11) is 0. The minimum atomic E-state index is 0.474. The first kappa shape index (κ1) is 9.19. The second-order valence-corrected chi connectivity index (χ2v) is 4.65. The maximum absolute atomic E-state index is 5.21. The summed E-state index contributed by atoms with van der Waals surface area (Å²) in [6.45, 7) is 0.927. The Hall–Kier alpha value is -1.06. The molecule has 2 aromatic rings. The summed E-state index contributed by atoms with van der Waals surface area (Å²) in [5.74, 6) is 1.05. The van der Waals surface area contributed by atoms with Crippen LogP contribution in [0.1, 0.15) is 0 Å². The number of epoxide rings is 1. The van der Waals surface area contributed by atoms with Crippen LogP contribution in [0.15, 0.2) is 41.4 Å². The van der Waals surface area contributed by atoms with E-state index in [1.165, 1.54) is 10.3 Å². The first-order valence-corrected chi connectivity index (χ1v) is 6.00. The zero-order valence-electron chi connectivity index (χ0n) is 8.22. The summed E-state index contributed by atoms with van der Waals surface area (Å²) in [5, 5.41) is 1.24. The molecule has 0 radical (unpaired) electrons. The first-order valence-electron chi connectivity index (χ1n) is 5.01. The Balaban J connectivity index is 1.93. The number of nitrogens with zero attached hydrogens (tertiary/aromatic N) is 1. The molecule has 76 valence electrons. The number of aromatic nitrogens is 1. The number of ether oxygens (including phenoxy) is 1. The molecule has 1 saturated heterocycles. The van der Waals surface area contributed by atoms with Crippen LogP contribution in [-0.4, -0.2) is 23.4 Å². The maximum Gasteiger partial charge on any atom is 0.0903 e. The van der Waals surface area contributed by atoms with Gasteiger partial charge in [0.15, 0.2) is 0 Å². The van der Waals surface area contributed by atoms with Gasteiger partial charge in [-0.3, -0.25) is 4.98 Å². The van der Waals surface area contributed by atoms with Crippen molar-refractivity contribution in [1.29, 1.82) is 0 Å². The molecule has 0 unspecified atom stereocenters. The number of fused-ring (bicyclic) bond motifs is 1. The molecule has 2 heterocycles. The Kier molecular flexibility index (Phi) is 2.35. The van der Waals surface area contributed by atoms with Gasteiger partial charge in [0.05, 0.1) is 18.2 Å². The van der Waals surface area contributed by atoms with Crippen molar-refractivity contribution in [2.24, 2.45) is 0 Å². The van der Waals surface area contributed by atoms with E-state index in [-0.39, 0.29) is 0 Å². The molecule has 1 aliphatic heterocycles. The predicted octanol–water partition coefficient (Wildman–Crippen LogP) is 2.73. The molecule has 1 aromatic heterocycles. The number of pyridine rings is 1. The van der Waals surface area contributed by atoms with E-state index in [4.69, 9.17) is 4.74 Å². The molecule has 0 N–H and O–H groups in total. The van der Waals surface area contributed by atoms with Gasteiger partial charge in [-0.15, -0.1) is 11.8 Å². The predicted molar refractivity (Wildman–Crippen MR) is 62.2 cm³/mol. The van der Waals surface area contributed by atoms with Crippen molar-refractivity contribution in [3.8, 4) is 0 Å². The molecule has 0 saturated carbocycles. The summed E-state index contributed by atoms with van der Waals surface area (Å²) >= 11 is 1.86. The van der Waals surface area contributed by atoms with Gasteiger partial charge in [0.2, 0.25) is 0 Å². The summed E-state index contributed by atoms with van der Waals surface area (Å²) in [4.78, 5) is 5.64. The summed E-state index contributed by atoms with van der Waals surface area (Å²) in [5.41, 5.74) is 1.07. The van der Waals surface area contributed by atoms with Crippen LogP contribution < -0.4 is 0 Å². The highest BCUT2D eigenvalue weighted by molar-refractivity contribution is 7.99. The molecular weight excluding hydrogens is 206 g/mol. The number of rotatable bonds is 3. The highest BCUT2D eigenvalue weighted by Gasteiger charge is 2.22. The Morgan fingerprint density at radius 1 is 1.33 bits per heavy atom. The Bertz CT molecular complexity index is 477. The van der Waals surface area contributed by atoms with Crippen LogP contribution >= 0.6 is 11.8 Å². The standard InChI is InChI=1S/C12H11NOS/c1-4-11-10(3-2-6-13-11)12(5-1)15-8-9-7-14-9/h1-6,9H,7-8H2/t9-/m0/s1. The van der Waals surface area contributed by atoms with E-state index < -0.39 is 0 Å². The summed E-state index contributed by atoms with van der Waals surface area (Å²) in [6.07, 6.45) is 2.31. The first-order chi connectivity index (χ1) is 7.43. The van der Waals surface area contributed by atoms with Crippen molar-refractivity contribution in [3.63, 3.8) is 0 Å².